The summed E-state index contributed by atoms with van der Waals surface area (Å²) in [5, 5.41) is 5.78. The van der Waals surface area contributed by atoms with Crippen LogP contribution in [0.4, 0.5) is 0 Å². The van der Waals surface area contributed by atoms with E-state index in [1.807, 2.05) is 12.1 Å². The highest BCUT2D eigenvalue weighted by molar-refractivity contribution is 5.77. The van der Waals surface area contributed by atoms with Crippen LogP contribution in [0.5, 0.6) is 0 Å². The molecule has 0 atom stereocenters. The van der Waals surface area contributed by atoms with Crippen LogP contribution >= 0.6 is 0 Å². The van der Waals surface area contributed by atoms with Gasteiger partial charge in [0.25, 0.3) is 0 Å². The van der Waals surface area contributed by atoms with Gasteiger partial charge in [-0.2, -0.15) is 0 Å². The molecule has 0 spiro atoms. The number of pyridine rings is 1. The van der Waals surface area contributed by atoms with Gasteiger partial charge in [-0.3, -0.25) is 9.78 Å². The molecule has 0 saturated carbocycles. The van der Waals surface area contributed by atoms with Crippen LogP contribution in [0, 0.1) is 0 Å². The van der Waals surface area contributed by atoms with Gasteiger partial charge in [0.15, 0.2) is 0 Å². The number of nitrogens with one attached hydrogen (secondary N) is 2. The minimum atomic E-state index is 0.0101. The van der Waals surface area contributed by atoms with E-state index >= 15 is 0 Å². The molecular formula is C12H17N3O. The van der Waals surface area contributed by atoms with Gasteiger partial charge in [0.2, 0.25) is 5.91 Å². The molecule has 1 amide bonds. The molecule has 0 aromatic carbocycles. The summed E-state index contributed by atoms with van der Waals surface area (Å²) in [5.41, 5.74) is 1.18. The Kier molecular flexibility index (Phi) is 5.88. The first kappa shape index (κ1) is 12.4. The number of hydrogen-bond donors (Lipinski definition) is 2. The largest absolute Gasteiger partial charge is 0.355 e. The number of hydrogen-bond acceptors (Lipinski definition) is 3. The SMILES string of the molecule is C=CCNCC(=O)NCCc1ccncc1. The van der Waals surface area contributed by atoms with Crippen LogP contribution in [0.3, 0.4) is 0 Å². The summed E-state index contributed by atoms with van der Waals surface area (Å²) < 4.78 is 0. The zero-order valence-electron chi connectivity index (χ0n) is 9.28. The van der Waals surface area contributed by atoms with E-state index in [-0.39, 0.29) is 5.91 Å². The van der Waals surface area contributed by atoms with Gasteiger partial charge >= 0.3 is 0 Å². The molecule has 1 heterocycles. The van der Waals surface area contributed by atoms with Gasteiger partial charge in [-0.25, -0.2) is 0 Å². The van der Waals surface area contributed by atoms with Crippen molar-refractivity contribution in [2.75, 3.05) is 19.6 Å². The maximum Gasteiger partial charge on any atom is 0.233 e. The molecule has 0 radical (unpaired) electrons. The lowest BCUT2D eigenvalue weighted by atomic mass is 10.2. The molecule has 16 heavy (non-hydrogen) atoms. The molecule has 0 fully saturated rings. The van der Waals surface area contributed by atoms with E-state index in [2.05, 4.69) is 22.2 Å². The summed E-state index contributed by atoms with van der Waals surface area (Å²) in [6.45, 7) is 5.20. The van der Waals surface area contributed by atoms with Gasteiger partial charge in [-0.1, -0.05) is 6.08 Å². The summed E-state index contributed by atoms with van der Waals surface area (Å²) in [5.74, 6) is 0.0101. The molecule has 0 saturated heterocycles. The van der Waals surface area contributed by atoms with Gasteiger partial charge in [-0.15, -0.1) is 6.58 Å². The third kappa shape index (κ3) is 5.26. The fraction of sp³-hybridized carbons (Fsp3) is 0.333. The van der Waals surface area contributed by atoms with Crippen LogP contribution in [0.25, 0.3) is 0 Å². The van der Waals surface area contributed by atoms with Crippen LogP contribution in [0.1, 0.15) is 5.56 Å². The Morgan fingerprint density at radius 3 is 2.88 bits per heavy atom. The Labute approximate surface area is 95.8 Å². The molecule has 4 heteroatoms. The predicted molar refractivity (Wildman–Crippen MR) is 64.0 cm³/mol. The molecule has 0 aliphatic carbocycles. The van der Waals surface area contributed by atoms with Crippen LogP contribution in [0.2, 0.25) is 0 Å². The summed E-state index contributed by atoms with van der Waals surface area (Å²) in [6, 6.07) is 3.89. The monoisotopic (exact) mass is 219 g/mol. The summed E-state index contributed by atoms with van der Waals surface area (Å²) in [6.07, 6.45) is 6.06. The van der Waals surface area contributed by atoms with Crippen molar-refractivity contribution in [2.45, 2.75) is 6.42 Å². The van der Waals surface area contributed by atoms with Gasteiger partial charge < -0.3 is 10.6 Å². The van der Waals surface area contributed by atoms with E-state index in [1.54, 1.807) is 18.5 Å². The Hall–Kier alpha value is -1.68. The normalized spacial score (nSPS) is 9.75. The Balaban J connectivity index is 2.11. The lowest BCUT2D eigenvalue weighted by Gasteiger charge is -2.05. The van der Waals surface area contributed by atoms with Crippen molar-refractivity contribution in [2.24, 2.45) is 0 Å². The smallest absolute Gasteiger partial charge is 0.233 e. The van der Waals surface area contributed by atoms with E-state index in [9.17, 15) is 4.79 Å². The van der Waals surface area contributed by atoms with Crippen molar-refractivity contribution in [1.82, 2.24) is 15.6 Å². The van der Waals surface area contributed by atoms with Crippen molar-refractivity contribution >= 4 is 5.91 Å². The highest BCUT2D eigenvalue weighted by atomic mass is 16.1. The second kappa shape index (κ2) is 7.59. The van der Waals surface area contributed by atoms with E-state index in [4.69, 9.17) is 0 Å². The lowest BCUT2D eigenvalue weighted by molar-refractivity contribution is -0.120. The average molecular weight is 219 g/mol. The van der Waals surface area contributed by atoms with E-state index in [0.717, 1.165) is 6.42 Å². The highest BCUT2D eigenvalue weighted by Gasteiger charge is 1.98. The zero-order valence-corrected chi connectivity index (χ0v) is 9.28. The fourth-order valence-electron chi connectivity index (χ4n) is 1.25. The highest BCUT2D eigenvalue weighted by Crippen LogP contribution is 1.95. The first-order chi connectivity index (χ1) is 7.83. The average Bonchev–Trinajstić information content (AvgIpc) is 2.31. The number of carbonyl (C=O) groups is 1. The van der Waals surface area contributed by atoms with Crippen LogP contribution < -0.4 is 10.6 Å². The molecule has 0 aliphatic heterocycles. The van der Waals surface area contributed by atoms with Crippen LogP contribution in [-0.4, -0.2) is 30.5 Å². The molecule has 0 unspecified atom stereocenters. The second-order valence-electron chi connectivity index (χ2n) is 3.37. The molecule has 1 rings (SSSR count). The number of nitrogens with zero attached hydrogens (tertiary/aromatic N) is 1. The Bertz CT molecular complexity index is 324. The molecule has 4 nitrogen and oxygen atoms in total. The lowest BCUT2D eigenvalue weighted by Crippen LogP contribution is -2.34. The molecule has 86 valence electrons. The number of aromatic nitrogens is 1. The van der Waals surface area contributed by atoms with E-state index in [0.29, 0.717) is 19.6 Å². The third-order valence-electron chi connectivity index (χ3n) is 2.06. The van der Waals surface area contributed by atoms with Gasteiger partial charge in [0.1, 0.15) is 0 Å². The molecule has 2 N–H and O–H groups in total. The molecule has 1 aromatic heterocycles. The van der Waals surface area contributed by atoms with Gasteiger partial charge in [0, 0.05) is 25.5 Å². The number of rotatable bonds is 7. The van der Waals surface area contributed by atoms with Crippen LogP contribution in [-0.2, 0) is 11.2 Å². The quantitative estimate of drug-likeness (QED) is 0.519. The van der Waals surface area contributed by atoms with Crippen molar-refractivity contribution in [3.05, 3.63) is 42.7 Å². The van der Waals surface area contributed by atoms with Crippen molar-refractivity contribution in [1.29, 1.82) is 0 Å². The topological polar surface area (TPSA) is 54.0 Å². The fourth-order valence-corrected chi connectivity index (χ4v) is 1.25. The first-order valence-electron chi connectivity index (χ1n) is 5.30. The van der Waals surface area contributed by atoms with Crippen molar-refractivity contribution < 1.29 is 4.79 Å². The summed E-state index contributed by atoms with van der Waals surface area (Å²) in [4.78, 5) is 15.2. The van der Waals surface area contributed by atoms with E-state index < -0.39 is 0 Å². The van der Waals surface area contributed by atoms with Crippen LogP contribution in [0.15, 0.2) is 37.2 Å². The molecular weight excluding hydrogens is 202 g/mol. The predicted octanol–water partition coefficient (Wildman–Crippen LogP) is 0.516. The molecule has 0 aliphatic rings. The number of carbonyl (C=O) groups excluding carboxylic acids is 1. The minimum absolute atomic E-state index is 0.0101. The standard InChI is InChI=1S/C12H17N3O/c1-2-6-14-10-12(16)15-9-5-11-3-7-13-8-4-11/h2-4,7-8,14H,1,5-6,9-10H2,(H,15,16). The third-order valence-corrected chi connectivity index (χ3v) is 2.06. The van der Waals surface area contributed by atoms with Crippen molar-refractivity contribution in [3.8, 4) is 0 Å². The maximum absolute atomic E-state index is 11.3. The zero-order chi connectivity index (χ0) is 11.6. The van der Waals surface area contributed by atoms with Gasteiger partial charge in [-0.05, 0) is 24.1 Å². The molecule has 1 aromatic rings. The Morgan fingerprint density at radius 2 is 2.19 bits per heavy atom. The minimum Gasteiger partial charge on any atom is -0.355 e. The van der Waals surface area contributed by atoms with E-state index in [1.165, 1.54) is 5.56 Å². The Morgan fingerprint density at radius 1 is 1.44 bits per heavy atom. The second-order valence-corrected chi connectivity index (χ2v) is 3.37. The maximum atomic E-state index is 11.3. The first-order valence-corrected chi connectivity index (χ1v) is 5.30. The van der Waals surface area contributed by atoms with Crippen molar-refractivity contribution in [3.63, 3.8) is 0 Å². The summed E-state index contributed by atoms with van der Waals surface area (Å²) >= 11 is 0. The molecule has 0 bridgehead atoms. The van der Waals surface area contributed by atoms with Gasteiger partial charge in [0.05, 0.1) is 6.54 Å². The summed E-state index contributed by atoms with van der Waals surface area (Å²) in [7, 11) is 0. The number of amides is 1.